The van der Waals surface area contributed by atoms with Crippen LogP contribution in [-0.2, 0) is 11.3 Å². The molecule has 0 saturated carbocycles. The Hall–Kier alpha value is -1.42. The molecule has 0 unspecified atom stereocenters. The standard InChI is InChI=1S/C10H11NO3/c1-10(2)13-6-7-3-4-11-8(5-12)9(7)14-10/h3-5H,6H2,1-2H3. The van der Waals surface area contributed by atoms with Crippen molar-refractivity contribution < 1.29 is 14.3 Å². The third-order valence-corrected chi connectivity index (χ3v) is 2.05. The summed E-state index contributed by atoms with van der Waals surface area (Å²) in [4.78, 5) is 14.6. The molecule has 0 amide bonds. The number of rotatable bonds is 1. The van der Waals surface area contributed by atoms with Crippen LogP contribution in [0.15, 0.2) is 12.3 Å². The van der Waals surface area contributed by atoms with Crippen LogP contribution in [0.5, 0.6) is 5.75 Å². The topological polar surface area (TPSA) is 48.4 Å². The summed E-state index contributed by atoms with van der Waals surface area (Å²) >= 11 is 0. The molecule has 1 aliphatic heterocycles. The van der Waals surface area contributed by atoms with Crippen molar-refractivity contribution in [2.75, 3.05) is 0 Å². The molecular formula is C10H11NO3. The lowest BCUT2D eigenvalue weighted by Gasteiger charge is -2.32. The Morgan fingerprint density at radius 1 is 1.57 bits per heavy atom. The second kappa shape index (κ2) is 3.06. The molecule has 0 radical (unpaired) electrons. The third-order valence-electron chi connectivity index (χ3n) is 2.05. The Bertz CT molecular complexity index is 374. The minimum Gasteiger partial charge on any atom is -0.460 e. The fraction of sp³-hybridized carbons (Fsp3) is 0.400. The van der Waals surface area contributed by atoms with Crippen molar-refractivity contribution in [3.05, 3.63) is 23.5 Å². The minimum atomic E-state index is -0.687. The highest BCUT2D eigenvalue weighted by Gasteiger charge is 2.29. The van der Waals surface area contributed by atoms with Crippen molar-refractivity contribution in [1.29, 1.82) is 0 Å². The van der Waals surface area contributed by atoms with E-state index in [1.54, 1.807) is 26.1 Å². The zero-order valence-electron chi connectivity index (χ0n) is 8.11. The van der Waals surface area contributed by atoms with Gasteiger partial charge in [-0.3, -0.25) is 4.79 Å². The fourth-order valence-electron chi connectivity index (χ4n) is 1.35. The van der Waals surface area contributed by atoms with Gasteiger partial charge in [0, 0.05) is 25.6 Å². The molecule has 0 aliphatic carbocycles. The minimum absolute atomic E-state index is 0.332. The first-order valence-corrected chi connectivity index (χ1v) is 4.38. The van der Waals surface area contributed by atoms with E-state index in [4.69, 9.17) is 9.47 Å². The molecule has 0 atom stereocenters. The maximum Gasteiger partial charge on any atom is 0.205 e. The molecule has 14 heavy (non-hydrogen) atoms. The van der Waals surface area contributed by atoms with Crippen LogP contribution in [-0.4, -0.2) is 17.1 Å². The average Bonchev–Trinajstić information content (AvgIpc) is 2.15. The van der Waals surface area contributed by atoms with Crippen LogP contribution < -0.4 is 4.74 Å². The zero-order valence-corrected chi connectivity index (χ0v) is 8.11. The summed E-state index contributed by atoms with van der Waals surface area (Å²) in [5, 5.41) is 0. The molecule has 0 saturated heterocycles. The summed E-state index contributed by atoms with van der Waals surface area (Å²) in [6.45, 7) is 4.06. The van der Waals surface area contributed by atoms with E-state index in [0.717, 1.165) is 5.56 Å². The van der Waals surface area contributed by atoms with E-state index >= 15 is 0 Å². The number of pyridine rings is 1. The van der Waals surface area contributed by atoms with E-state index in [1.165, 1.54) is 0 Å². The van der Waals surface area contributed by atoms with Gasteiger partial charge in [0.05, 0.1) is 6.61 Å². The van der Waals surface area contributed by atoms with E-state index in [9.17, 15) is 4.79 Å². The van der Waals surface area contributed by atoms with Crippen LogP contribution in [0.25, 0.3) is 0 Å². The van der Waals surface area contributed by atoms with Crippen molar-refractivity contribution in [3.8, 4) is 5.75 Å². The molecule has 0 aromatic carbocycles. The van der Waals surface area contributed by atoms with Gasteiger partial charge in [-0.2, -0.15) is 0 Å². The van der Waals surface area contributed by atoms with Crippen molar-refractivity contribution >= 4 is 6.29 Å². The van der Waals surface area contributed by atoms with Crippen molar-refractivity contribution in [3.63, 3.8) is 0 Å². The summed E-state index contributed by atoms with van der Waals surface area (Å²) in [6, 6.07) is 1.79. The summed E-state index contributed by atoms with van der Waals surface area (Å²) in [7, 11) is 0. The molecular weight excluding hydrogens is 182 g/mol. The van der Waals surface area contributed by atoms with Crippen LogP contribution in [0.2, 0.25) is 0 Å². The van der Waals surface area contributed by atoms with E-state index < -0.39 is 5.79 Å². The van der Waals surface area contributed by atoms with E-state index in [0.29, 0.717) is 24.3 Å². The Labute approximate surface area is 81.9 Å². The number of fused-ring (bicyclic) bond motifs is 1. The van der Waals surface area contributed by atoms with Gasteiger partial charge in [-0.25, -0.2) is 4.98 Å². The van der Waals surface area contributed by atoms with E-state index in [2.05, 4.69) is 4.98 Å². The Morgan fingerprint density at radius 3 is 3.07 bits per heavy atom. The second-order valence-corrected chi connectivity index (χ2v) is 3.59. The maximum atomic E-state index is 10.7. The molecule has 2 rings (SSSR count). The molecule has 0 spiro atoms. The molecule has 4 nitrogen and oxygen atoms in total. The predicted molar refractivity (Wildman–Crippen MR) is 49.1 cm³/mol. The number of carbonyl (C=O) groups is 1. The van der Waals surface area contributed by atoms with Gasteiger partial charge >= 0.3 is 0 Å². The summed E-state index contributed by atoms with van der Waals surface area (Å²) in [5.74, 6) is -0.146. The van der Waals surface area contributed by atoms with Crippen LogP contribution >= 0.6 is 0 Å². The van der Waals surface area contributed by atoms with Gasteiger partial charge in [0.15, 0.2) is 12.0 Å². The van der Waals surface area contributed by atoms with Crippen LogP contribution in [0.4, 0.5) is 0 Å². The predicted octanol–water partition coefficient (Wildman–Crippen LogP) is 1.54. The number of hydrogen-bond acceptors (Lipinski definition) is 4. The highest BCUT2D eigenvalue weighted by atomic mass is 16.7. The average molecular weight is 193 g/mol. The SMILES string of the molecule is CC1(C)OCc2ccnc(C=O)c2O1. The summed E-state index contributed by atoms with van der Waals surface area (Å²) in [6.07, 6.45) is 2.27. The highest BCUT2D eigenvalue weighted by Crippen LogP contribution is 2.32. The lowest BCUT2D eigenvalue weighted by atomic mass is 10.2. The number of ether oxygens (including phenoxy) is 2. The monoisotopic (exact) mass is 193 g/mol. The Balaban J connectivity index is 2.48. The maximum absolute atomic E-state index is 10.7. The number of carbonyl (C=O) groups excluding carboxylic acids is 1. The smallest absolute Gasteiger partial charge is 0.205 e. The van der Waals surface area contributed by atoms with Gasteiger partial charge in [0.1, 0.15) is 5.69 Å². The van der Waals surface area contributed by atoms with Gasteiger partial charge in [0.2, 0.25) is 5.79 Å². The van der Waals surface area contributed by atoms with Crippen LogP contribution in [0.1, 0.15) is 29.9 Å². The molecule has 1 aliphatic rings. The largest absolute Gasteiger partial charge is 0.460 e. The molecule has 1 aromatic rings. The van der Waals surface area contributed by atoms with Crippen LogP contribution in [0.3, 0.4) is 0 Å². The second-order valence-electron chi connectivity index (χ2n) is 3.59. The first-order chi connectivity index (χ1) is 6.62. The summed E-state index contributed by atoms with van der Waals surface area (Å²) < 4.78 is 11.0. The highest BCUT2D eigenvalue weighted by molar-refractivity contribution is 5.77. The molecule has 1 aromatic heterocycles. The van der Waals surface area contributed by atoms with Gasteiger partial charge in [-0.15, -0.1) is 0 Å². The number of aldehydes is 1. The quantitative estimate of drug-likeness (QED) is 0.635. The molecule has 0 bridgehead atoms. The number of hydrogen-bond donors (Lipinski definition) is 0. The van der Waals surface area contributed by atoms with Gasteiger partial charge < -0.3 is 9.47 Å². The normalized spacial score (nSPS) is 18.1. The first-order valence-electron chi connectivity index (χ1n) is 4.38. The third kappa shape index (κ3) is 1.48. The van der Waals surface area contributed by atoms with Gasteiger partial charge in [0.25, 0.3) is 0 Å². The zero-order chi connectivity index (χ0) is 10.2. The van der Waals surface area contributed by atoms with Gasteiger partial charge in [-0.1, -0.05) is 0 Å². The summed E-state index contributed by atoms with van der Waals surface area (Å²) in [5.41, 5.74) is 1.19. The lowest BCUT2D eigenvalue weighted by Crippen LogP contribution is -2.36. The molecule has 0 N–H and O–H groups in total. The fourth-order valence-corrected chi connectivity index (χ4v) is 1.35. The molecule has 0 fully saturated rings. The van der Waals surface area contributed by atoms with Crippen molar-refractivity contribution in [1.82, 2.24) is 4.98 Å². The first kappa shape index (κ1) is 9.15. The van der Waals surface area contributed by atoms with Crippen molar-refractivity contribution in [2.24, 2.45) is 0 Å². The van der Waals surface area contributed by atoms with Crippen molar-refractivity contribution in [2.45, 2.75) is 26.2 Å². The van der Waals surface area contributed by atoms with Crippen LogP contribution in [0, 0.1) is 0 Å². The molecule has 2 heterocycles. The van der Waals surface area contributed by atoms with E-state index in [-0.39, 0.29) is 0 Å². The number of nitrogens with zero attached hydrogens (tertiary/aromatic N) is 1. The Kier molecular flexibility index (Phi) is 2.00. The Morgan fingerprint density at radius 2 is 2.36 bits per heavy atom. The molecule has 74 valence electrons. The lowest BCUT2D eigenvalue weighted by molar-refractivity contribution is -0.180. The van der Waals surface area contributed by atoms with Gasteiger partial charge in [-0.05, 0) is 6.07 Å². The molecule has 4 heteroatoms. The van der Waals surface area contributed by atoms with E-state index in [1.807, 2.05) is 0 Å². The number of aromatic nitrogens is 1.